The van der Waals surface area contributed by atoms with Crippen LogP contribution in [0.25, 0.3) is 5.57 Å². The molecule has 2 nitrogen and oxygen atoms in total. The van der Waals surface area contributed by atoms with Gasteiger partial charge in [0.15, 0.2) is 0 Å². The van der Waals surface area contributed by atoms with Crippen LogP contribution in [0.2, 0.25) is 0 Å². The molecular formula is C20H25NO. The van der Waals surface area contributed by atoms with Crippen molar-refractivity contribution in [2.75, 3.05) is 11.4 Å². The van der Waals surface area contributed by atoms with Gasteiger partial charge < -0.3 is 4.90 Å². The Balaban J connectivity index is 2.20. The summed E-state index contributed by atoms with van der Waals surface area (Å²) in [5, 5.41) is 0. The van der Waals surface area contributed by atoms with Crippen LogP contribution in [0.4, 0.5) is 5.69 Å². The van der Waals surface area contributed by atoms with Gasteiger partial charge in [-0.15, -0.1) is 0 Å². The molecule has 0 bridgehead atoms. The summed E-state index contributed by atoms with van der Waals surface area (Å²) >= 11 is 0. The Labute approximate surface area is 133 Å². The normalized spacial score (nSPS) is 15.8. The lowest BCUT2D eigenvalue weighted by molar-refractivity contribution is -0.104. The maximum absolute atomic E-state index is 10.2. The molecule has 1 aliphatic heterocycles. The van der Waals surface area contributed by atoms with E-state index in [9.17, 15) is 4.79 Å². The van der Waals surface area contributed by atoms with E-state index in [0.29, 0.717) is 6.04 Å². The van der Waals surface area contributed by atoms with Gasteiger partial charge in [-0.2, -0.15) is 0 Å². The molecule has 0 unspecified atom stereocenters. The average Bonchev–Trinajstić information content (AvgIpc) is 2.53. The van der Waals surface area contributed by atoms with Crippen LogP contribution in [0.5, 0.6) is 0 Å². The van der Waals surface area contributed by atoms with E-state index >= 15 is 0 Å². The van der Waals surface area contributed by atoms with Gasteiger partial charge in [-0.05, 0) is 68.5 Å². The van der Waals surface area contributed by atoms with Crippen molar-refractivity contribution < 1.29 is 4.79 Å². The Morgan fingerprint density at radius 1 is 1.18 bits per heavy atom. The molecule has 1 aromatic carbocycles. The second-order valence-electron chi connectivity index (χ2n) is 5.99. The molecule has 0 fully saturated rings. The second kappa shape index (κ2) is 7.79. The van der Waals surface area contributed by atoms with E-state index < -0.39 is 0 Å². The van der Waals surface area contributed by atoms with Crippen molar-refractivity contribution in [2.24, 2.45) is 0 Å². The SMILES string of the molecule is C\C(=C/C=C/C=C/C=O)c1ccc2c(c1)CCCN2C(C)C. The van der Waals surface area contributed by atoms with Crippen LogP contribution < -0.4 is 4.90 Å². The maximum atomic E-state index is 10.2. The lowest BCUT2D eigenvalue weighted by Gasteiger charge is -2.35. The van der Waals surface area contributed by atoms with Gasteiger partial charge in [-0.3, -0.25) is 4.79 Å². The highest BCUT2D eigenvalue weighted by Crippen LogP contribution is 2.31. The number of benzene rings is 1. The molecule has 0 spiro atoms. The monoisotopic (exact) mass is 295 g/mol. The molecule has 0 saturated heterocycles. The first-order valence-electron chi connectivity index (χ1n) is 7.99. The summed E-state index contributed by atoms with van der Waals surface area (Å²) in [7, 11) is 0. The number of aldehydes is 1. The fraction of sp³-hybridized carbons (Fsp3) is 0.350. The molecule has 1 aromatic rings. The van der Waals surface area contributed by atoms with Crippen LogP contribution in [0, 0.1) is 0 Å². The van der Waals surface area contributed by atoms with E-state index in [1.165, 1.54) is 34.9 Å². The average molecular weight is 295 g/mol. The molecule has 22 heavy (non-hydrogen) atoms. The molecular weight excluding hydrogens is 270 g/mol. The summed E-state index contributed by atoms with van der Waals surface area (Å²) in [4.78, 5) is 12.7. The molecule has 116 valence electrons. The molecule has 0 amide bonds. The third-order valence-electron chi connectivity index (χ3n) is 4.07. The third-order valence-corrected chi connectivity index (χ3v) is 4.07. The summed E-state index contributed by atoms with van der Waals surface area (Å²) in [5.41, 5.74) is 5.35. The molecule has 0 atom stereocenters. The standard InChI is InChI=1S/C20H25NO/c1-16(2)21-13-8-10-19-15-18(11-12-20(19)21)17(3)9-6-4-5-7-14-22/h4-7,9,11-12,14-16H,8,10,13H2,1-3H3/b6-4+,7-5+,17-9+. The van der Waals surface area contributed by atoms with Crippen LogP contribution in [-0.4, -0.2) is 18.9 Å². The summed E-state index contributed by atoms with van der Waals surface area (Å²) in [6, 6.07) is 7.34. The van der Waals surface area contributed by atoms with E-state index in [-0.39, 0.29) is 0 Å². The van der Waals surface area contributed by atoms with Crippen molar-refractivity contribution in [3.05, 3.63) is 59.7 Å². The van der Waals surface area contributed by atoms with Crippen LogP contribution in [-0.2, 0) is 11.2 Å². The van der Waals surface area contributed by atoms with Crippen molar-refractivity contribution in [3.8, 4) is 0 Å². The summed E-state index contributed by atoms with van der Waals surface area (Å²) in [5.74, 6) is 0. The van der Waals surface area contributed by atoms with E-state index in [0.717, 1.165) is 19.3 Å². The van der Waals surface area contributed by atoms with Gasteiger partial charge in [-0.25, -0.2) is 0 Å². The lowest BCUT2D eigenvalue weighted by Crippen LogP contribution is -2.35. The largest absolute Gasteiger partial charge is 0.369 e. The summed E-state index contributed by atoms with van der Waals surface area (Å²) in [6.45, 7) is 7.79. The fourth-order valence-corrected chi connectivity index (χ4v) is 2.88. The maximum Gasteiger partial charge on any atom is 0.142 e. The molecule has 0 aliphatic carbocycles. The number of carbonyl (C=O) groups is 1. The van der Waals surface area contributed by atoms with Gasteiger partial charge >= 0.3 is 0 Å². The summed E-state index contributed by atoms with van der Waals surface area (Å²) in [6.07, 6.45) is 12.3. The zero-order valence-electron chi connectivity index (χ0n) is 13.8. The number of fused-ring (bicyclic) bond motifs is 1. The van der Waals surface area contributed by atoms with Gasteiger partial charge in [-0.1, -0.05) is 30.4 Å². The lowest BCUT2D eigenvalue weighted by atomic mass is 9.95. The third kappa shape index (κ3) is 3.97. The smallest absolute Gasteiger partial charge is 0.142 e. The minimum Gasteiger partial charge on any atom is -0.369 e. The number of hydrogen-bond acceptors (Lipinski definition) is 2. The number of aryl methyl sites for hydroxylation is 1. The molecule has 0 N–H and O–H groups in total. The molecule has 2 rings (SSSR count). The van der Waals surface area contributed by atoms with Crippen molar-refractivity contribution >= 4 is 17.5 Å². The number of rotatable bonds is 5. The highest BCUT2D eigenvalue weighted by molar-refractivity contribution is 5.70. The number of nitrogens with zero attached hydrogens (tertiary/aromatic N) is 1. The fourth-order valence-electron chi connectivity index (χ4n) is 2.88. The number of carbonyl (C=O) groups excluding carboxylic acids is 1. The molecule has 0 aromatic heterocycles. The predicted octanol–water partition coefficient (Wildman–Crippen LogP) is 4.56. The highest BCUT2D eigenvalue weighted by Gasteiger charge is 2.19. The zero-order valence-corrected chi connectivity index (χ0v) is 13.8. The van der Waals surface area contributed by atoms with Gasteiger partial charge in [0.05, 0.1) is 0 Å². The minimum absolute atomic E-state index is 0.550. The number of anilines is 1. The van der Waals surface area contributed by atoms with Crippen LogP contribution in [0.15, 0.2) is 48.6 Å². The van der Waals surface area contributed by atoms with E-state index in [1.54, 1.807) is 6.08 Å². The molecule has 0 radical (unpaired) electrons. The number of allylic oxidation sites excluding steroid dienone is 6. The molecule has 0 saturated carbocycles. The van der Waals surface area contributed by atoms with Crippen molar-refractivity contribution in [1.29, 1.82) is 0 Å². The first kappa shape index (κ1) is 16.3. The van der Waals surface area contributed by atoms with Crippen molar-refractivity contribution in [3.63, 3.8) is 0 Å². The van der Waals surface area contributed by atoms with Crippen LogP contribution in [0.3, 0.4) is 0 Å². The van der Waals surface area contributed by atoms with Gasteiger partial charge in [0.25, 0.3) is 0 Å². The highest BCUT2D eigenvalue weighted by atomic mass is 16.1. The predicted molar refractivity (Wildman–Crippen MR) is 95.2 cm³/mol. The quantitative estimate of drug-likeness (QED) is 0.451. The van der Waals surface area contributed by atoms with Gasteiger partial charge in [0.2, 0.25) is 0 Å². The Morgan fingerprint density at radius 2 is 1.95 bits per heavy atom. The van der Waals surface area contributed by atoms with Crippen LogP contribution >= 0.6 is 0 Å². The molecule has 2 heteroatoms. The zero-order chi connectivity index (χ0) is 15.9. The van der Waals surface area contributed by atoms with Crippen molar-refractivity contribution in [2.45, 2.75) is 39.7 Å². The Hall–Kier alpha value is -2.09. The molecule has 1 heterocycles. The Morgan fingerprint density at radius 3 is 2.68 bits per heavy atom. The second-order valence-corrected chi connectivity index (χ2v) is 5.99. The first-order chi connectivity index (χ1) is 10.6. The van der Waals surface area contributed by atoms with Crippen molar-refractivity contribution in [1.82, 2.24) is 0 Å². The summed E-state index contributed by atoms with van der Waals surface area (Å²) < 4.78 is 0. The van der Waals surface area contributed by atoms with Crippen LogP contribution in [0.1, 0.15) is 38.3 Å². The van der Waals surface area contributed by atoms with E-state index in [1.807, 2.05) is 12.2 Å². The topological polar surface area (TPSA) is 20.3 Å². The van der Waals surface area contributed by atoms with E-state index in [2.05, 4.69) is 49.9 Å². The Bertz CT molecular complexity index is 608. The number of hydrogen-bond donors (Lipinski definition) is 0. The van der Waals surface area contributed by atoms with Gasteiger partial charge in [0.1, 0.15) is 6.29 Å². The molecule has 1 aliphatic rings. The first-order valence-corrected chi connectivity index (χ1v) is 7.99. The van der Waals surface area contributed by atoms with E-state index in [4.69, 9.17) is 0 Å². The minimum atomic E-state index is 0.550. The van der Waals surface area contributed by atoms with Gasteiger partial charge in [0, 0.05) is 18.3 Å². The Kier molecular flexibility index (Phi) is 5.76.